The van der Waals surface area contributed by atoms with Crippen LogP contribution in [0.5, 0.6) is 5.75 Å². The molecular formula is C18H16N2O4S. The van der Waals surface area contributed by atoms with E-state index in [4.69, 9.17) is 4.74 Å². The predicted molar refractivity (Wildman–Crippen MR) is 96.9 cm³/mol. The summed E-state index contributed by atoms with van der Waals surface area (Å²) in [6.07, 6.45) is 0. The van der Waals surface area contributed by atoms with E-state index in [-0.39, 0.29) is 5.91 Å². The summed E-state index contributed by atoms with van der Waals surface area (Å²) in [4.78, 5) is 39.8. The van der Waals surface area contributed by atoms with Crippen molar-refractivity contribution in [1.29, 1.82) is 0 Å². The molecule has 25 heavy (non-hydrogen) atoms. The van der Waals surface area contributed by atoms with Gasteiger partial charge in [-0.05, 0) is 48.2 Å². The van der Waals surface area contributed by atoms with Crippen molar-refractivity contribution in [3.63, 3.8) is 0 Å². The molecule has 0 saturated carbocycles. The molecular weight excluding hydrogens is 340 g/mol. The number of anilines is 2. The molecule has 0 aromatic heterocycles. The van der Waals surface area contributed by atoms with Crippen LogP contribution in [0.3, 0.4) is 0 Å². The molecule has 1 fully saturated rings. The number of nitrogens with zero attached hydrogens (tertiary/aromatic N) is 2. The summed E-state index contributed by atoms with van der Waals surface area (Å²) in [5.41, 5.74) is 1.02. The molecule has 6 nitrogen and oxygen atoms in total. The van der Waals surface area contributed by atoms with E-state index in [9.17, 15) is 14.4 Å². The largest absolute Gasteiger partial charge is 0.497 e. The summed E-state index contributed by atoms with van der Waals surface area (Å²) in [6, 6.07) is 15.4. The van der Waals surface area contributed by atoms with Crippen LogP contribution >= 0.6 is 11.8 Å². The summed E-state index contributed by atoms with van der Waals surface area (Å²) in [6.45, 7) is 1.37. The van der Waals surface area contributed by atoms with Crippen LogP contribution in [0.25, 0.3) is 0 Å². The van der Waals surface area contributed by atoms with Gasteiger partial charge in [-0.3, -0.25) is 19.3 Å². The number of imide groups is 1. The Kier molecular flexibility index (Phi) is 4.76. The first-order valence-electron chi connectivity index (χ1n) is 7.56. The molecule has 0 spiro atoms. The Balaban J connectivity index is 1.93. The van der Waals surface area contributed by atoms with E-state index in [2.05, 4.69) is 0 Å². The third-order valence-electron chi connectivity index (χ3n) is 3.77. The van der Waals surface area contributed by atoms with Crippen LogP contribution in [0.2, 0.25) is 0 Å². The summed E-state index contributed by atoms with van der Waals surface area (Å²) >= 11 is 0.829. The summed E-state index contributed by atoms with van der Waals surface area (Å²) in [5, 5.41) is -1.33. The lowest BCUT2D eigenvalue weighted by Gasteiger charge is -2.25. The molecule has 0 aliphatic carbocycles. The van der Waals surface area contributed by atoms with E-state index in [0.717, 1.165) is 16.7 Å². The third kappa shape index (κ3) is 3.23. The topological polar surface area (TPSA) is 66.9 Å². The molecule has 0 radical (unpaired) electrons. The molecule has 1 aliphatic rings. The molecule has 128 valence electrons. The van der Waals surface area contributed by atoms with E-state index >= 15 is 0 Å². The zero-order valence-electron chi connectivity index (χ0n) is 13.7. The van der Waals surface area contributed by atoms with Gasteiger partial charge in [0.15, 0.2) is 5.37 Å². The van der Waals surface area contributed by atoms with E-state index in [1.54, 1.807) is 61.7 Å². The number of amides is 3. The number of benzene rings is 2. The van der Waals surface area contributed by atoms with Gasteiger partial charge in [0.05, 0.1) is 12.8 Å². The van der Waals surface area contributed by atoms with E-state index < -0.39 is 16.5 Å². The highest BCUT2D eigenvalue weighted by atomic mass is 32.2. The monoisotopic (exact) mass is 356 g/mol. The zero-order chi connectivity index (χ0) is 18.0. The van der Waals surface area contributed by atoms with Crippen molar-refractivity contribution in [3.8, 4) is 5.75 Å². The molecule has 0 bridgehead atoms. The molecule has 2 aromatic carbocycles. The summed E-state index contributed by atoms with van der Waals surface area (Å²) < 4.78 is 5.11. The number of carbonyl (C=O) groups is 3. The van der Waals surface area contributed by atoms with Crippen molar-refractivity contribution in [2.24, 2.45) is 0 Å². The van der Waals surface area contributed by atoms with E-state index in [1.807, 2.05) is 0 Å². The van der Waals surface area contributed by atoms with Crippen LogP contribution in [-0.2, 0) is 9.59 Å². The number of para-hydroxylation sites is 1. The molecule has 3 amide bonds. The molecule has 1 heterocycles. The SMILES string of the molecule is COc1ccc(N(C(C)=O)[C@H]2SC(=O)N(c3ccccc3)C2=O)cc1. The molecule has 0 unspecified atom stereocenters. The fourth-order valence-electron chi connectivity index (χ4n) is 2.60. The predicted octanol–water partition coefficient (Wildman–Crippen LogP) is 3.27. The van der Waals surface area contributed by atoms with E-state index in [1.165, 1.54) is 11.8 Å². The first-order valence-corrected chi connectivity index (χ1v) is 8.44. The maximum atomic E-state index is 12.8. The van der Waals surface area contributed by atoms with E-state index in [0.29, 0.717) is 17.1 Å². The minimum Gasteiger partial charge on any atom is -0.497 e. The van der Waals surface area contributed by atoms with Gasteiger partial charge in [-0.2, -0.15) is 0 Å². The van der Waals surface area contributed by atoms with Gasteiger partial charge in [-0.25, -0.2) is 4.90 Å². The van der Waals surface area contributed by atoms with Gasteiger partial charge in [0.25, 0.3) is 11.1 Å². The minimum atomic E-state index is -0.932. The van der Waals surface area contributed by atoms with Crippen LogP contribution in [0.1, 0.15) is 6.92 Å². The molecule has 7 heteroatoms. The Morgan fingerprint density at radius 1 is 1.08 bits per heavy atom. The highest BCUT2D eigenvalue weighted by Gasteiger charge is 2.45. The Hall–Kier alpha value is -2.80. The van der Waals surface area contributed by atoms with Crippen molar-refractivity contribution >= 4 is 40.2 Å². The van der Waals surface area contributed by atoms with Crippen molar-refractivity contribution < 1.29 is 19.1 Å². The number of carbonyl (C=O) groups excluding carboxylic acids is 3. The quantitative estimate of drug-likeness (QED) is 0.841. The van der Waals surface area contributed by atoms with Gasteiger partial charge in [0, 0.05) is 12.6 Å². The van der Waals surface area contributed by atoms with Crippen molar-refractivity contribution in [2.45, 2.75) is 12.3 Å². The lowest BCUT2D eigenvalue weighted by atomic mass is 10.2. The first kappa shape index (κ1) is 17.0. The van der Waals surface area contributed by atoms with Gasteiger partial charge in [-0.1, -0.05) is 18.2 Å². The van der Waals surface area contributed by atoms with Crippen molar-refractivity contribution in [1.82, 2.24) is 0 Å². The number of thioether (sulfide) groups is 1. The highest BCUT2D eigenvalue weighted by Crippen LogP contribution is 2.36. The molecule has 0 N–H and O–H groups in total. The third-order valence-corrected chi connectivity index (χ3v) is 4.79. The fourth-order valence-corrected chi connectivity index (χ4v) is 3.67. The number of rotatable bonds is 4. The van der Waals surface area contributed by atoms with Crippen molar-refractivity contribution in [3.05, 3.63) is 54.6 Å². The van der Waals surface area contributed by atoms with Gasteiger partial charge in [0.1, 0.15) is 5.75 Å². The fraction of sp³-hybridized carbons (Fsp3) is 0.167. The average molecular weight is 356 g/mol. The number of ether oxygens (including phenoxy) is 1. The van der Waals surface area contributed by atoms with Gasteiger partial charge in [0.2, 0.25) is 5.91 Å². The number of hydrogen-bond acceptors (Lipinski definition) is 5. The molecule has 1 aliphatic heterocycles. The molecule has 1 atom stereocenters. The minimum absolute atomic E-state index is 0.321. The van der Waals surface area contributed by atoms with Crippen LogP contribution < -0.4 is 14.5 Å². The second kappa shape index (κ2) is 6.98. The van der Waals surface area contributed by atoms with Crippen LogP contribution in [0.15, 0.2) is 54.6 Å². The van der Waals surface area contributed by atoms with Gasteiger partial charge >= 0.3 is 0 Å². The Bertz CT molecular complexity index is 808. The smallest absolute Gasteiger partial charge is 0.295 e. The van der Waals surface area contributed by atoms with Gasteiger partial charge in [-0.15, -0.1) is 0 Å². The normalized spacial score (nSPS) is 16.9. The standard InChI is InChI=1S/C18H16N2O4S/c1-12(21)19(14-8-10-15(24-2)11-9-14)17-16(22)20(18(23)25-17)13-6-4-3-5-7-13/h3-11,17H,1-2H3/t17-/m0/s1. The van der Waals surface area contributed by atoms with Crippen LogP contribution in [-0.4, -0.2) is 29.5 Å². The Morgan fingerprint density at radius 2 is 1.72 bits per heavy atom. The molecule has 2 aromatic rings. The number of hydrogen-bond donors (Lipinski definition) is 0. The lowest BCUT2D eigenvalue weighted by Crippen LogP contribution is -2.44. The maximum Gasteiger partial charge on any atom is 0.295 e. The maximum absolute atomic E-state index is 12.8. The lowest BCUT2D eigenvalue weighted by molar-refractivity contribution is -0.121. The van der Waals surface area contributed by atoms with Gasteiger partial charge < -0.3 is 4.74 Å². The summed E-state index contributed by atoms with van der Waals surface area (Å²) in [7, 11) is 1.55. The first-order chi connectivity index (χ1) is 12.0. The molecule has 1 saturated heterocycles. The Morgan fingerprint density at radius 3 is 2.28 bits per heavy atom. The highest BCUT2D eigenvalue weighted by molar-refractivity contribution is 8.16. The van der Waals surface area contributed by atoms with Crippen molar-refractivity contribution in [2.75, 3.05) is 16.9 Å². The second-order valence-electron chi connectivity index (χ2n) is 5.33. The second-order valence-corrected chi connectivity index (χ2v) is 6.36. The molecule has 3 rings (SSSR count). The zero-order valence-corrected chi connectivity index (χ0v) is 14.5. The number of methoxy groups -OCH3 is 1. The Labute approximate surface area is 149 Å². The van der Waals surface area contributed by atoms with Crippen LogP contribution in [0, 0.1) is 0 Å². The summed E-state index contributed by atoms with van der Waals surface area (Å²) in [5.74, 6) is -0.120. The average Bonchev–Trinajstić information content (AvgIpc) is 2.90. The van der Waals surface area contributed by atoms with Crippen LogP contribution in [0.4, 0.5) is 16.2 Å².